The molecule has 5 rings (SSSR count). The number of aromatic amines is 1. The summed E-state index contributed by atoms with van der Waals surface area (Å²) in [4.78, 5) is 43.8. The highest BCUT2D eigenvalue weighted by molar-refractivity contribution is 5.89. The van der Waals surface area contributed by atoms with E-state index < -0.39 is 17.7 Å². The number of carbonyl (C=O) groups excluding carboxylic acids is 3. The van der Waals surface area contributed by atoms with E-state index in [4.69, 9.17) is 4.74 Å². The number of nitrogens with zero attached hydrogens (tertiary/aromatic N) is 1. The summed E-state index contributed by atoms with van der Waals surface area (Å²) < 4.78 is 5.25. The first-order chi connectivity index (χ1) is 20.6. The van der Waals surface area contributed by atoms with Gasteiger partial charge in [0.15, 0.2) is 0 Å². The van der Waals surface area contributed by atoms with Gasteiger partial charge in [-0.05, 0) is 69.2 Å². The number of ether oxygens (including phenoxy) is 1. The fourth-order valence-corrected chi connectivity index (χ4v) is 6.04. The zero-order valence-corrected chi connectivity index (χ0v) is 25.4. The molecule has 1 saturated heterocycles. The van der Waals surface area contributed by atoms with Crippen molar-refractivity contribution >= 4 is 35.0 Å². The van der Waals surface area contributed by atoms with Crippen molar-refractivity contribution in [2.45, 2.75) is 69.9 Å². The number of hydrogen-bond donors (Lipinski definition) is 4. The van der Waals surface area contributed by atoms with Crippen LogP contribution in [0.15, 0.2) is 60.8 Å². The first kappa shape index (κ1) is 30.2. The zero-order valence-electron chi connectivity index (χ0n) is 25.4. The fraction of sp³-hybridized carbons (Fsp3) is 0.441. The lowest BCUT2D eigenvalue weighted by molar-refractivity contribution is -0.123. The van der Waals surface area contributed by atoms with Crippen molar-refractivity contribution in [1.29, 1.82) is 0 Å². The van der Waals surface area contributed by atoms with Gasteiger partial charge in [-0.3, -0.25) is 4.79 Å². The molecule has 4 amide bonds. The first-order valence-electron chi connectivity index (χ1n) is 15.3. The molecule has 9 heteroatoms. The Labute approximate surface area is 253 Å². The number of nitrogens with one attached hydrogen (secondary N) is 4. The number of H-pyrrole nitrogens is 1. The van der Waals surface area contributed by atoms with Crippen molar-refractivity contribution in [2.75, 3.05) is 26.2 Å². The van der Waals surface area contributed by atoms with Gasteiger partial charge < -0.3 is 30.6 Å². The molecule has 0 radical (unpaired) electrons. The van der Waals surface area contributed by atoms with Crippen molar-refractivity contribution < 1.29 is 19.1 Å². The maximum Gasteiger partial charge on any atom is 0.407 e. The molecule has 2 heterocycles. The van der Waals surface area contributed by atoms with Gasteiger partial charge in [0, 0.05) is 55.1 Å². The molecule has 4 N–H and O–H groups in total. The molecular weight excluding hydrogens is 542 g/mol. The number of para-hydroxylation sites is 1. The summed E-state index contributed by atoms with van der Waals surface area (Å²) in [6.45, 7) is 7.60. The molecule has 1 fully saturated rings. The van der Waals surface area contributed by atoms with E-state index in [1.165, 1.54) is 11.1 Å². The Morgan fingerprint density at radius 1 is 0.977 bits per heavy atom. The van der Waals surface area contributed by atoms with Crippen LogP contribution < -0.4 is 16.0 Å². The lowest BCUT2D eigenvalue weighted by atomic mass is 9.74. The van der Waals surface area contributed by atoms with Gasteiger partial charge >= 0.3 is 12.1 Å². The lowest BCUT2D eigenvalue weighted by Crippen LogP contribution is -2.54. The Bertz CT molecular complexity index is 1480. The van der Waals surface area contributed by atoms with Crippen LogP contribution >= 0.6 is 0 Å². The summed E-state index contributed by atoms with van der Waals surface area (Å²) >= 11 is 0. The SMILES string of the molecule is CC(C)(C)OC(=O)NCCCCNC(=O)[C@H](Cc1c[nH]c2ccccc12)NC(=O)N1CCC2(C=Cc3ccccc32)CC1. The number of amides is 4. The average molecular weight is 586 g/mol. The highest BCUT2D eigenvalue weighted by Gasteiger charge is 2.39. The molecule has 1 aromatic heterocycles. The van der Waals surface area contributed by atoms with Gasteiger partial charge in [0.2, 0.25) is 5.91 Å². The zero-order chi connectivity index (χ0) is 30.5. The molecule has 228 valence electrons. The predicted octanol–water partition coefficient (Wildman–Crippen LogP) is 5.27. The molecule has 9 nitrogen and oxygen atoms in total. The number of carbonyl (C=O) groups is 3. The van der Waals surface area contributed by atoms with Crippen LogP contribution in [0.25, 0.3) is 17.0 Å². The molecule has 1 atom stereocenters. The Morgan fingerprint density at radius 3 is 2.44 bits per heavy atom. The number of fused-ring (bicyclic) bond motifs is 3. The maximum atomic E-state index is 13.5. The number of urea groups is 1. The quantitative estimate of drug-likeness (QED) is 0.256. The van der Waals surface area contributed by atoms with Crippen molar-refractivity contribution in [2.24, 2.45) is 0 Å². The van der Waals surface area contributed by atoms with Gasteiger partial charge in [-0.2, -0.15) is 0 Å². The van der Waals surface area contributed by atoms with E-state index in [1.54, 1.807) is 0 Å². The van der Waals surface area contributed by atoms with Gasteiger partial charge in [-0.15, -0.1) is 0 Å². The Balaban J connectivity index is 1.17. The molecule has 1 aliphatic heterocycles. The number of alkyl carbamates (subject to hydrolysis) is 1. The van der Waals surface area contributed by atoms with Gasteiger partial charge in [0.1, 0.15) is 11.6 Å². The Hall–Kier alpha value is -4.27. The van der Waals surface area contributed by atoms with Crippen LogP contribution in [0, 0.1) is 0 Å². The van der Waals surface area contributed by atoms with E-state index in [-0.39, 0.29) is 17.4 Å². The van der Waals surface area contributed by atoms with E-state index in [0.29, 0.717) is 45.4 Å². The third kappa shape index (κ3) is 7.39. The van der Waals surface area contributed by atoms with Crippen molar-refractivity contribution in [3.05, 3.63) is 77.5 Å². The molecule has 0 bridgehead atoms. The van der Waals surface area contributed by atoms with Gasteiger partial charge in [0.05, 0.1) is 0 Å². The average Bonchev–Trinajstić information content (AvgIpc) is 3.55. The Kier molecular flexibility index (Phi) is 9.08. The van der Waals surface area contributed by atoms with Crippen LogP contribution in [0.1, 0.15) is 63.1 Å². The smallest absolute Gasteiger partial charge is 0.407 e. The third-order valence-electron chi connectivity index (χ3n) is 8.31. The first-order valence-corrected chi connectivity index (χ1v) is 15.3. The van der Waals surface area contributed by atoms with Gasteiger partial charge in [0.25, 0.3) is 0 Å². The highest BCUT2D eigenvalue weighted by atomic mass is 16.6. The second-order valence-corrected chi connectivity index (χ2v) is 12.6. The minimum absolute atomic E-state index is 0.0213. The molecule has 0 unspecified atom stereocenters. The van der Waals surface area contributed by atoms with Crippen molar-refractivity contribution in [1.82, 2.24) is 25.8 Å². The van der Waals surface area contributed by atoms with E-state index in [1.807, 2.05) is 56.1 Å². The number of unbranched alkanes of at least 4 members (excludes halogenated alkanes) is 1. The largest absolute Gasteiger partial charge is 0.444 e. The summed E-state index contributed by atoms with van der Waals surface area (Å²) in [6.07, 6.45) is 9.39. The van der Waals surface area contributed by atoms with E-state index in [0.717, 1.165) is 29.3 Å². The van der Waals surface area contributed by atoms with Gasteiger partial charge in [-0.1, -0.05) is 54.6 Å². The van der Waals surface area contributed by atoms with Crippen molar-refractivity contribution in [3.8, 4) is 0 Å². The van der Waals surface area contributed by atoms with E-state index in [2.05, 4.69) is 57.4 Å². The molecular formula is C34H43N5O4. The second-order valence-electron chi connectivity index (χ2n) is 12.6. The molecule has 0 saturated carbocycles. The van der Waals surface area contributed by atoms with E-state index in [9.17, 15) is 14.4 Å². The van der Waals surface area contributed by atoms with Crippen molar-refractivity contribution in [3.63, 3.8) is 0 Å². The third-order valence-corrected chi connectivity index (χ3v) is 8.31. The monoisotopic (exact) mass is 585 g/mol. The number of aromatic nitrogens is 1. The maximum absolute atomic E-state index is 13.5. The summed E-state index contributed by atoms with van der Waals surface area (Å²) in [5.74, 6) is -0.222. The molecule has 1 aliphatic carbocycles. The summed E-state index contributed by atoms with van der Waals surface area (Å²) in [6, 6.07) is 15.5. The Morgan fingerprint density at radius 2 is 1.67 bits per heavy atom. The number of allylic oxidation sites excluding steroid dienone is 1. The van der Waals surface area contributed by atoms with E-state index >= 15 is 0 Å². The van der Waals surface area contributed by atoms with Crippen LogP contribution in [-0.2, 0) is 21.4 Å². The number of benzene rings is 2. The summed E-state index contributed by atoms with van der Waals surface area (Å²) in [7, 11) is 0. The highest BCUT2D eigenvalue weighted by Crippen LogP contribution is 2.43. The minimum Gasteiger partial charge on any atom is -0.444 e. The molecule has 2 aliphatic rings. The summed E-state index contributed by atoms with van der Waals surface area (Å²) in [5, 5.41) is 9.81. The molecule has 43 heavy (non-hydrogen) atoms. The van der Waals surface area contributed by atoms with Crippen LogP contribution in [0.3, 0.4) is 0 Å². The van der Waals surface area contributed by atoms with Crippen LogP contribution in [0.4, 0.5) is 9.59 Å². The lowest BCUT2D eigenvalue weighted by Gasteiger charge is -2.39. The number of likely N-dealkylation sites (tertiary alicyclic amines) is 1. The minimum atomic E-state index is -0.727. The van der Waals surface area contributed by atoms with Gasteiger partial charge in [-0.25, -0.2) is 9.59 Å². The second kappa shape index (κ2) is 12.9. The van der Waals surface area contributed by atoms with Crippen LogP contribution in [-0.4, -0.2) is 65.7 Å². The van der Waals surface area contributed by atoms with Crippen LogP contribution in [0.5, 0.6) is 0 Å². The number of piperidine rings is 1. The molecule has 2 aromatic carbocycles. The standard InChI is InChI=1S/C34H43N5O4/c1-33(2,3)43-32(42)36-19-9-8-18-35-30(40)29(22-25-23-37-28-13-7-5-11-26(25)28)38-31(41)39-20-16-34(17-21-39)15-14-24-10-4-6-12-27(24)34/h4-7,10-15,23,29,37H,8-9,16-22H2,1-3H3,(H,35,40)(H,36,42)(H,38,41)/t29-/m0/s1. The molecule has 1 spiro atoms. The number of hydrogen-bond acceptors (Lipinski definition) is 4. The normalized spacial score (nSPS) is 16.1. The predicted molar refractivity (Wildman–Crippen MR) is 169 cm³/mol. The number of rotatable bonds is 9. The fourth-order valence-electron chi connectivity index (χ4n) is 6.04. The topological polar surface area (TPSA) is 116 Å². The molecule has 3 aromatic rings. The summed E-state index contributed by atoms with van der Waals surface area (Å²) in [5.41, 5.74) is 4.00. The van der Waals surface area contributed by atoms with Crippen LogP contribution in [0.2, 0.25) is 0 Å².